The molecule has 1 aromatic carbocycles. The van der Waals surface area contributed by atoms with Crippen molar-refractivity contribution in [2.24, 2.45) is 0 Å². The van der Waals surface area contributed by atoms with Gasteiger partial charge in [-0.2, -0.15) is 0 Å². The van der Waals surface area contributed by atoms with Gasteiger partial charge in [0.15, 0.2) is 0 Å². The maximum atomic E-state index is 10.6. The van der Waals surface area contributed by atoms with Crippen molar-refractivity contribution < 1.29 is 9.90 Å². The van der Waals surface area contributed by atoms with Crippen LogP contribution in [0.4, 0.5) is 0 Å². The summed E-state index contributed by atoms with van der Waals surface area (Å²) in [5.41, 5.74) is 1.34. The van der Waals surface area contributed by atoms with E-state index in [0.717, 1.165) is 21.0 Å². The second-order valence-electron chi connectivity index (χ2n) is 2.55. The Labute approximate surface area is 68.3 Å². The molecule has 0 spiro atoms. The Morgan fingerprint density at radius 1 is 1.55 bits per heavy atom. The molecule has 0 aliphatic heterocycles. The van der Waals surface area contributed by atoms with Crippen molar-refractivity contribution in [1.82, 2.24) is 0 Å². The second kappa shape index (κ2) is 2.88. The van der Waals surface area contributed by atoms with Crippen molar-refractivity contribution in [2.75, 3.05) is 0 Å². The summed E-state index contributed by atoms with van der Waals surface area (Å²) in [7, 11) is 0.907. The van der Waals surface area contributed by atoms with E-state index in [2.05, 4.69) is 0 Å². The van der Waals surface area contributed by atoms with Gasteiger partial charge in [-0.3, -0.25) is 0 Å². The molecule has 0 bridgehead atoms. The van der Waals surface area contributed by atoms with Crippen LogP contribution in [0, 0.1) is 6.92 Å². The molecule has 0 aliphatic carbocycles. The van der Waals surface area contributed by atoms with Gasteiger partial charge in [0.1, 0.15) is 0 Å². The van der Waals surface area contributed by atoms with Crippen LogP contribution in [0.5, 0.6) is 0 Å². The lowest BCUT2D eigenvalue weighted by molar-refractivity contribution is 0.0696. The SMILES string of the molecule is Cc1c([SiH3])cccc1C(=O)O. The molecular formula is C8H10O2Si. The number of rotatable bonds is 1. The highest BCUT2D eigenvalue weighted by atomic mass is 28.1. The third-order valence-electron chi connectivity index (χ3n) is 1.84. The van der Waals surface area contributed by atoms with E-state index in [1.165, 1.54) is 0 Å². The smallest absolute Gasteiger partial charge is 0.335 e. The minimum absolute atomic E-state index is 0.428. The van der Waals surface area contributed by atoms with Crippen molar-refractivity contribution in [2.45, 2.75) is 6.92 Å². The summed E-state index contributed by atoms with van der Waals surface area (Å²) in [6.45, 7) is 1.85. The number of aromatic carboxylic acids is 1. The highest BCUT2D eigenvalue weighted by Gasteiger charge is 2.06. The van der Waals surface area contributed by atoms with Crippen LogP contribution in [0.1, 0.15) is 15.9 Å². The normalized spacial score (nSPS) is 9.91. The summed E-state index contributed by atoms with van der Waals surface area (Å²) in [4.78, 5) is 10.6. The van der Waals surface area contributed by atoms with Gasteiger partial charge in [0, 0.05) is 10.2 Å². The first-order valence-electron chi connectivity index (χ1n) is 3.42. The molecule has 3 heteroatoms. The topological polar surface area (TPSA) is 37.3 Å². The van der Waals surface area contributed by atoms with E-state index in [9.17, 15) is 4.79 Å². The summed E-state index contributed by atoms with van der Waals surface area (Å²) in [5.74, 6) is -0.833. The highest BCUT2D eigenvalue weighted by molar-refractivity contribution is 6.33. The van der Waals surface area contributed by atoms with Gasteiger partial charge >= 0.3 is 5.97 Å². The molecule has 0 radical (unpaired) electrons. The fraction of sp³-hybridized carbons (Fsp3) is 0.125. The van der Waals surface area contributed by atoms with Crippen molar-refractivity contribution in [1.29, 1.82) is 0 Å². The van der Waals surface area contributed by atoms with Gasteiger partial charge in [-0.1, -0.05) is 17.3 Å². The van der Waals surface area contributed by atoms with Crippen molar-refractivity contribution >= 4 is 21.4 Å². The molecule has 2 nitrogen and oxygen atoms in total. The number of carbonyl (C=O) groups is 1. The van der Waals surface area contributed by atoms with Crippen molar-refractivity contribution in [3.05, 3.63) is 29.3 Å². The molecule has 0 unspecified atom stereocenters. The van der Waals surface area contributed by atoms with Crippen LogP contribution in [0.25, 0.3) is 0 Å². The van der Waals surface area contributed by atoms with Gasteiger partial charge < -0.3 is 5.11 Å². The van der Waals surface area contributed by atoms with Crippen LogP contribution in [0.3, 0.4) is 0 Å². The number of carboxylic acids is 1. The van der Waals surface area contributed by atoms with Gasteiger partial charge in [-0.25, -0.2) is 4.79 Å². The Hall–Kier alpha value is -1.09. The maximum absolute atomic E-state index is 10.6. The van der Waals surface area contributed by atoms with Crippen LogP contribution in [0.2, 0.25) is 0 Å². The molecule has 0 fully saturated rings. The molecule has 0 heterocycles. The molecule has 0 saturated carbocycles. The molecule has 1 rings (SSSR count). The molecule has 58 valence electrons. The number of carboxylic acid groups (broad SMARTS) is 1. The van der Waals surface area contributed by atoms with E-state index in [1.54, 1.807) is 12.1 Å². The lowest BCUT2D eigenvalue weighted by Gasteiger charge is -2.02. The molecule has 0 atom stereocenters. The average molecular weight is 166 g/mol. The minimum atomic E-state index is -0.833. The average Bonchev–Trinajstić information content (AvgIpc) is 1.94. The summed E-state index contributed by atoms with van der Waals surface area (Å²) in [6.07, 6.45) is 0. The lowest BCUT2D eigenvalue weighted by Crippen LogP contribution is -2.12. The molecule has 0 saturated heterocycles. The summed E-state index contributed by atoms with van der Waals surface area (Å²) < 4.78 is 0. The Bertz CT molecular complexity index is 294. The monoisotopic (exact) mass is 166 g/mol. The molecule has 0 amide bonds. The van der Waals surface area contributed by atoms with E-state index in [4.69, 9.17) is 5.11 Å². The standard InChI is InChI=1S/C8H10O2Si/c1-5-6(8(9)10)3-2-4-7(5)11/h2-4H,1,11H3,(H,9,10). The predicted molar refractivity (Wildman–Crippen MR) is 47.7 cm³/mol. The first-order chi connectivity index (χ1) is 5.13. The van der Waals surface area contributed by atoms with Gasteiger partial charge in [0.2, 0.25) is 0 Å². The van der Waals surface area contributed by atoms with Gasteiger partial charge in [-0.15, -0.1) is 0 Å². The maximum Gasteiger partial charge on any atom is 0.335 e. The molecule has 1 N–H and O–H groups in total. The Morgan fingerprint density at radius 2 is 2.18 bits per heavy atom. The van der Waals surface area contributed by atoms with Crippen LogP contribution in [-0.2, 0) is 0 Å². The third kappa shape index (κ3) is 1.49. The number of hydrogen-bond acceptors (Lipinski definition) is 1. The largest absolute Gasteiger partial charge is 0.478 e. The lowest BCUT2D eigenvalue weighted by atomic mass is 10.1. The van der Waals surface area contributed by atoms with Crippen molar-refractivity contribution in [3.8, 4) is 0 Å². The third-order valence-corrected chi connectivity index (χ3v) is 2.92. The Balaban J connectivity index is 3.27. The fourth-order valence-electron chi connectivity index (χ4n) is 0.983. The fourth-order valence-corrected chi connectivity index (χ4v) is 1.44. The van der Waals surface area contributed by atoms with Gasteiger partial charge in [-0.05, 0) is 18.6 Å². The van der Waals surface area contributed by atoms with E-state index < -0.39 is 5.97 Å². The van der Waals surface area contributed by atoms with Crippen LogP contribution in [-0.4, -0.2) is 21.3 Å². The van der Waals surface area contributed by atoms with Crippen LogP contribution in [0.15, 0.2) is 18.2 Å². The molecule has 0 aromatic heterocycles. The summed E-state index contributed by atoms with van der Waals surface area (Å²) in [5, 5.41) is 9.86. The minimum Gasteiger partial charge on any atom is -0.478 e. The zero-order valence-corrected chi connectivity index (χ0v) is 8.59. The van der Waals surface area contributed by atoms with E-state index in [1.807, 2.05) is 13.0 Å². The van der Waals surface area contributed by atoms with Gasteiger partial charge in [0.25, 0.3) is 0 Å². The zero-order chi connectivity index (χ0) is 8.43. The first-order valence-corrected chi connectivity index (χ1v) is 4.42. The van der Waals surface area contributed by atoms with E-state index >= 15 is 0 Å². The van der Waals surface area contributed by atoms with Crippen molar-refractivity contribution in [3.63, 3.8) is 0 Å². The molecular weight excluding hydrogens is 156 g/mol. The first kappa shape index (κ1) is 8.01. The van der Waals surface area contributed by atoms with E-state index in [-0.39, 0.29) is 0 Å². The summed E-state index contributed by atoms with van der Waals surface area (Å²) in [6, 6.07) is 5.39. The van der Waals surface area contributed by atoms with E-state index in [0.29, 0.717) is 5.56 Å². The predicted octanol–water partition coefficient (Wildman–Crippen LogP) is -0.316. The molecule has 1 aromatic rings. The van der Waals surface area contributed by atoms with Crippen LogP contribution < -0.4 is 5.19 Å². The second-order valence-corrected chi connectivity index (χ2v) is 3.63. The number of hydrogen-bond donors (Lipinski definition) is 1. The quantitative estimate of drug-likeness (QED) is 0.581. The zero-order valence-electron chi connectivity index (χ0n) is 6.59. The van der Waals surface area contributed by atoms with Crippen LogP contribution >= 0.6 is 0 Å². The molecule has 0 aliphatic rings. The number of benzene rings is 1. The Kier molecular flexibility index (Phi) is 2.10. The Morgan fingerprint density at radius 3 is 2.64 bits per heavy atom. The highest BCUT2D eigenvalue weighted by Crippen LogP contribution is 2.03. The molecule has 11 heavy (non-hydrogen) atoms. The van der Waals surface area contributed by atoms with Gasteiger partial charge in [0.05, 0.1) is 5.56 Å². The summed E-state index contributed by atoms with van der Waals surface area (Å²) >= 11 is 0.